The van der Waals surface area contributed by atoms with Crippen LogP contribution in [0, 0.1) is 6.92 Å². The maximum atomic E-state index is 12.5. The summed E-state index contributed by atoms with van der Waals surface area (Å²) in [7, 11) is -1.24. The molecule has 0 aromatic heterocycles. The Morgan fingerprint density at radius 3 is 2.38 bits per heavy atom. The number of hydrogen-bond acceptors (Lipinski definition) is 6. The molecule has 0 saturated carbocycles. The van der Waals surface area contributed by atoms with E-state index in [1.807, 2.05) is 0 Å². The van der Waals surface area contributed by atoms with Gasteiger partial charge in [-0.1, -0.05) is 11.6 Å². The van der Waals surface area contributed by atoms with E-state index in [4.69, 9.17) is 16.3 Å². The summed E-state index contributed by atoms with van der Waals surface area (Å²) >= 11 is 5.78. The number of sulfonamides is 1. The van der Waals surface area contributed by atoms with Gasteiger partial charge in [0.2, 0.25) is 15.9 Å². The number of aryl methyl sites for hydroxylation is 1. The molecule has 1 amide bonds. The number of likely N-dealkylation sites (N-methyl/N-ethyl adjacent to an activating group) is 1. The minimum absolute atomic E-state index is 0.0421. The molecule has 0 aliphatic heterocycles. The Kier molecular flexibility index (Phi) is 7.60. The molecule has 0 atom stereocenters. The number of nitrogens with one attached hydrogen (secondary N) is 1. The topological polar surface area (TPSA) is 102 Å². The fourth-order valence-corrected chi connectivity index (χ4v) is 3.58. The normalized spacial score (nSPS) is 11.2. The summed E-state index contributed by atoms with van der Waals surface area (Å²) < 4.78 is 35.8. The predicted octanol–water partition coefficient (Wildman–Crippen LogP) is 2.46. The summed E-state index contributed by atoms with van der Waals surface area (Å²) in [6.07, 6.45) is 0. The highest BCUT2D eigenvalue weighted by molar-refractivity contribution is 7.89. The summed E-state index contributed by atoms with van der Waals surface area (Å²) in [5, 5.41) is 3.08. The average molecular weight is 441 g/mol. The van der Waals surface area contributed by atoms with Gasteiger partial charge in [-0.15, -0.1) is 0 Å². The molecule has 156 valence electrons. The van der Waals surface area contributed by atoms with Crippen molar-refractivity contribution < 1.29 is 27.5 Å². The van der Waals surface area contributed by atoms with Gasteiger partial charge in [0.15, 0.2) is 6.61 Å². The van der Waals surface area contributed by atoms with Gasteiger partial charge >= 0.3 is 5.97 Å². The van der Waals surface area contributed by atoms with Gasteiger partial charge in [-0.25, -0.2) is 13.2 Å². The Morgan fingerprint density at radius 1 is 1.14 bits per heavy atom. The van der Waals surface area contributed by atoms with E-state index in [-0.39, 0.29) is 18.0 Å². The van der Waals surface area contributed by atoms with Crippen LogP contribution in [0.2, 0.25) is 5.02 Å². The molecule has 0 fully saturated rings. The van der Waals surface area contributed by atoms with Crippen molar-refractivity contribution in [3.63, 3.8) is 0 Å². The van der Waals surface area contributed by atoms with Crippen LogP contribution in [0.25, 0.3) is 0 Å². The number of hydrogen-bond donors (Lipinski definition) is 1. The van der Waals surface area contributed by atoms with Crippen molar-refractivity contribution in [2.24, 2.45) is 0 Å². The van der Waals surface area contributed by atoms with Crippen molar-refractivity contribution >= 4 is 39.2 Å². The molecule has 10 heteroatoms. The van der Waals surface area contributed by atoms with Gasteiger partial charge in [-0.3, -0.25) is 4.79 Å². The van der Waals surface area contributed by atoms with Gasteiger partial charge in [-0.2, -0.15) is 4.31 Å². The minimum Gasteiger partial charge on any atom is -0.482 e. The molecule has 0 unspecified atom stereocenters. The number of rotatable bonds is 8. The van der Waals surface area contributed by atoms with Crippen LogP contribution in [0.4, 0.5) is 5.69 Å². The zero-order valence-corrected chi connectivity index (χ0v) is 17.7. The van der Waals surface area contributed by atoms with Crippen LogP contribution in [-0.4, -0.2) is 51.9 Å². The fourth-order valence-electron chi connectivity index (χ4n) is 2.33. The minimum atomic E-state index is -3.83. The standard InChI is InChI=1S/C19H21ClN2O6S/c1-13-10-15(28-12-19(24)27-3)6-9-17(13)21-18(23)11-22(2)29(25,26)16-7-4-14(20)5-8-16/h4-10H,11-12H2,1-3H3,(H,21,23). The number of carbonyl (C=O) groups excluding carboxylic acids is 2. The Bertz CT molecular complexity index is 992. The SMILES string of the molecule is COC(=O)COc1ccc(NC(=O)CN(C)S(=O)(=O)c2ccc(Cl)cc2)c(C)c1. The van der Waals surface area contributed by atoms with Crippen LogP contribution in [-0.2, 0) is 24.3 Å². The van der Waals surface area contributed by atoms with E-state index in [2.05, 4.69) is 10.1 Å². The van der Waals surface area contributed by atoms with E-state index in [9.17, 15) is 18.0 Å². The first kappa shape index (κ1) is 22.7. The maximum Gasteiger partial charge on any atom is 0.343 e. The van der Waals surface area contributed by atoms with E-state index >= 15 is 0 Å². The Balaban J connectivity index is 2.01. The molecular weight excluding hydrogens is 420 g/mol. The average Bonchev–Trinajstić information content (AvgIpc) is 2.68. The monoisotopic (exact) mass is 440 g/mol. The van der Waals surface area contributed by atoms with Crippen molar-refractivity contribution in [1.29, 1.82) is 0 Å². The summed E-state index contributed by atoms with van der Waals surface area (Å²) in [4.78, 5) is 23.5. The molecule has 29 heavy (non-hydrogen) atoms. The maximum absolute atomic E-state index is 12.5. The Hall–Kier alpha value is -2.62. The molecular formula is C19H21ClN2O6S. The Morgan fingerprint density at radius 2 is 1.79 bits per heavy atom. The highest BCUT2D eigenvalue weighted by Gasteiger charge is 2.23. The third-order valence-corrected chi connectivity index (χ3v) is 6.01. The number of ether oxygens (including phenoxy) is 2. The quantitative estimate of drug-likeness (QED) is 0.632. The van der Waals surface area contributed by atoms with E-state index in [0.717, 1.165) is 4.31 Å². The smallest absolute Gasteiger partial charge is 0.343 e. The zero-order valence-electron chi connectivity index (χ0n) is 16.1. The first-order valence-corrected chi connectivity index (χ1v) is 10.3. The van der Waals surface area contributed by atoms with Gasteiger partial charge in [0.05, 0.1) is 18.6 Å². The third kappa shape index (κ3) is 6.18. The molecule has 2 aromatic rings. The number of carbonyl (C=O) groups is 2. The summed E-state index contributed by atoms with van der Waals surface area (Å²) in [6, 6.07) is 10.5. The van der Waals surface area contributed by atoms with Crippen LogP contribution >= 0.6 is 11.6 Å². The molecule has 0 bridgehead atoms. The van der Waals surface area contributed by atoms with E-state index in [1.54, 1.807) is 25.1 Å². The second kappa shape index (κ2) is 9.73. The number of benzene rings is 2. The summed E-state index contributed by atoms with van der Waals surface area (Å²) in [5.41, 5.74) is 1.18. The molecule has 0 aliphatic carbocycles. The first-order valence-electron chi connectivity index (χ1n) is 8.45. The second-order valence-corrected chi connectivity index (χ2v) is 8.59. The lowest BCUT2D eigenvalue weighted by atomic mass is 10.2. The van der Waals surface area contributed by atoms with Gasteiger partial charge < -0.3 is 14.8 Å². The van der Waals surface area contributed by atoms with Crippen LogP contribution in [0.15, 0.2) is 47.4 Å². The van der Waals surface area contributed by atoms with Gasteiger partial charge in [0.25, 0.3) is 0 Å². The highest BCUT2D eigenvalue weighted by atomic mass is 35.5. The molecule has 2 aromatic carbocycles. The van der Waals surface area contributed by atoms with E-state index < -0.39 is 21.9 Å². The van der Waals surface area contributed by atoms with Crippen LogP contribution < -0.4 is 10.1 Å². The predicted molar refractivity (Wildman–Crippen MR) is 109 cm³/mol. The lowest BCUT2D eigenvalue weighted by Crippen LogP contribution is -2.35. The molecule has 1 N–H and O–H groups in total. The number of methoxy groups -OCH3 is 1. The van der Waals surface area contributed by atoms with Gasteiger partial charge in [0, 0.05) is 17.8 Å². The van der Waals surface area contributed by atoms with Crippen LogP contribution in [0.3, 0.4) is 0 Å². The van der Waals surface area contributed by atoms with Crippen LogP contribution in [0.5, 0.6) is 5.75 Å². The van der Waals surface area contributed by atoms with Crippen LogP contribution in [0.1, 0.15) is 5.56 Å². The number of esters is 1. The van der Waals surface area contributed by atoms with Crippen molar-refractivity contribution in [2.75, 3.05) is 32.6 Å². The lowest BCUT2D eigenvalue weighted by molar-refractivity contribution is -0.142. The first-order chi connectivity index (χ1) is 13.6. The molecule has 0 radical (unpaired) electrons. The number of amides is 1. The van der Waals surface area contributed by atoms with Crippen molar-refractivity contribution in [3.05, 3.63) is 53.1 Å². The van der Waals surface area contributed by atoms with E-state index in [0.29, 0.717) is 22.0 Å². The number of halogens is 1. The molecule has 0 saturated heterocycles. The van der Waals surface area contributed by atoms with Gasteiger partial charge in [0.1, 0.15) is 5.75 Å². The summed E-state index contributed by atoms with van der Waals surface area (Å²) in [5.74, 6) is -0.574. The molecule has 0 aliphatic rings. The number of nitrogens with zero attached hydrogens (tertiary/aromatic N) is 1. The highest BCUT2D eigenvalue weighted by Crippen LogP contribution is 2.22. The van der Waals surface area contributed by atoms with Crippen molar-refractivity contribution in [2.45, 2.75) is 11.8 Å². The number of anilines is 1. The zero-order chi connectivity index (χ0) is 21.6. The Labute approximate surface area is 174 Å². The summed E-state index contributed by atoms with van der Waals surface area (Å²) in [6.45, 7) is 1.15. The lowest BCUT2D eigenvalue weighted by Gasteiger charge is -2.17. The molecule has 8 nitrogen and oxygen atoms in total. The molecule has 0 heterocycles. The van der Waals surface area contributed by atoms with Gasteiger partial charge in [-0.05, 0) is 55.0 Å². The fraction of sp³-hybridized carbons (Fsp3) is 0.263. The molecule has 0 spiro atoms. The second-order valence-electron chi connectivity index (χ2n) is 6.10. The third-order valence-electron chi connectivity index (χ3n) is 3.94. The van der Waals surface area contributed by atoms with E-state index in [1.165, 1.54) is 38.4 Å². The largest absolute Gasteiger partial charge is 0.482 e. The van der Waals surface area contributed by atoms with Crippen molar-refractivity contribution in [1.82, 2.24) is 4.31 Å². The molecule has 2 rings (SSSR count). The van der Waals surface area contributed by atoms with Crippen molar-refractivity contribution in [3.8, 4) is 5.75 Å².